The molecule has 4 heteroatoms. The number of hydrogen-bond acceptors (Lipinski definition) is 3. The van der Waals surface area contributed by atoms with Crippen LogP contribution in [0.5, 0.6) is 5.88 Å². The summed E-state index contributed by atoms with van der Waals surface area (Å²) in [5, 5.41) is 0. The molecule has 0 saturated heterocycles. The van der Waals surface area contributed by atoms with E-state index in [0.29, 0.717) is 22.7 Å². The van der Waals surface area contributed by atoms with Gasteiger partial charge in [0, 0.05) is 17.3 Å². The summed E-state index contributed by atoms with van der Waals surface area (Å²) in [6, 6.07) is 3.74. The van der Waals surface area contributed by atoms with Crippen molar-refractivity contribution in [2.45, 2.75) is 46.1 Å². The van der Waals surface area contributed by atoms with E-state index in [0.717, 1.165) is 24.1 Å². The quantitative estimate of drug-likeness (QED) is 0.862. The van der Waals surface area contributed by atoms with E-state index in [-0.39, 0.29) is 6.10 Å². The van der Waals surface area contributed by atoms with Crippen LogP contribution in [0, 0.1) is 18.8 Å². The second-order valence-electron chi connectivity index (χ2n) is 5.86. The molecule has 1 aliphatic carbocycles. The molecule has 2 unspecified atom stereocenters. The SMILES string of the molecule is Cc1cc(C(N)=S)cc(OC2CC(C)CC(C)C2)n1. The van der Waals surface area contributed by atoms with Crippen molar-refractivity contribution in [3.8, 4) is 5.88 Å². The predicted octanol–water partition coefficient (Wildman–Crippen LogP) is 3.23. The molecule has 1 aliphatic rings. The summed E-state index contributed by atoms with van der Waals surface area (Å²) in [7, 11) is 0. The van der Waals surface area contributed by atoms with Gasteiger partial charge in [-0.2, -0.15) is 0 Å². The van der Waals surface area contributed by atoms with Gasteiger partial charge in [0.05, 0.1) is 0 Å². The van der Waals surface area contributed by atoms with Gasteiger partial charge in [-0.1, -0.05) is 26.1 Å². The zero-order chi connectivity index (χ0) is 14.0. The summed E-state index contributed by atoms with van der Waals surface area (Å²) in [6.45, 7) is 6.51. The lowest BCUT2D eigenvalue weighted by Gasteiger charge is -2.31. The minimum atomic E-state index is 0.257. The van der Waals surface area contributed by atoms with Gasteiger partial charge < -0.3 is 10.5 Å². The third-order valence-electron chi connectivity index (χ3n) is 3.64. The Hall–Kier alpha value is -1.16. The van der Waals surface area contributed by atoms with Gasteiger partial charge in [-0.3, -0.25) is 0 Å². The maximum absolute atomic E-state index is 6.04. The van der Waals surface area contributed by atoms with E-state index in [1.165, 1.54) is 6.42 Å². The van der Waals surface area contributed by atoms with Crippen molar-refractivity contribution in [2.24, 2.45) is 17.6 Å². The third-order valence-corrected chi connectivity index (χ3v) is 3.87. The van der Waals surface area contributed by atoms with Crippen molar-refractivity contribution in [3.05, 3.63) is 23.4 Å². The highest BCUT2D eigenvalue weighted by atomic mass is 32.1. The number of ether oxygens (including phenoxy) is 1. The Balaban J connectivity index is 2.12. The lowest BCUT2D eigenvalue weighted by atomic mass is 9.82. The van der Waals surface area contributed by atoms with Crippen molar-refractivity contribution in [1.29, 1.82) is 0 Å². The molecule has 0 aromatic carbocycles. The molecule has 0 aliphatic heterocycles. The summed E-state index contributed by atoms with van der Waals surface area (Å²) in [5.74, 6) is 2.08. The summed E-state index contributed by atoms with van der Waals surface area (Å²) in [5.41, 5.74) is 7.39. The van der Waals surface area contributed by atoms with E-state index in [4.69, 9.17) is 22.7 Å². The number of aryl methyl sites for hydroxylation is 1. The van der Waals surface area contributed by atoms with Crippen LogP contribution in [0.25, 0.3) is 0 Å². The number of rotatable bonds is 3. The molecule has 0 bridgehead atoms. The van der Waals surface area contributed by atoms with Crippen LogP contribution in [0.2, 0.25) is 0 Å². The molecule has 2 atom stereocenters. The average molecular weight is 278 g/mol. The fourth-order valence-corrected chi connectivity index (χ4v) is 3.10. The lowest BCUT2D eigenvalue weighted by Crippen LogP contribution is -2.29. The fourth-order valence-electron chi connectivity index (χ4n) is 2.98. The first-order chi connectivity index (χ1) is 8.94. The van der Waals surface area contributed by atoms with Crippen molar-refractivity contribution >= 4 is 17.2 Å². The molecule has 1 aromatic rings. The molecule has 104 valence electrons. The van der Waals surface area contributed by atoms with E-state index < -0.39 is 0 Å². The van der Waals surface area contributed by atoms with Crippen molar-refractivity contribution < 1.29 is 4.74 Å². The van der Waals surface area contributed by atoms with E-state index in [9.17, 15) is 0 Å². The molecule has 1 aromatic heterocycles. The van der Waals surface area contributed by atoms with Gasteiger partial charge in [-0.15, -0.1) is 0 Å². The van der Waals surface area contributed by atoms with Crippen LogP contribution < -0.4 is 10.5 Å². The highest BCUT2D eigenvalue weighted by Crippen LogP contribution is 2.31. The number of aromatic nitrogens is 1. The van der Waals surface area contributed by atoms with Crippen LogP contribution in [-0.4, -0.2) is 16.1 Å². The Kier molecular flexibility index (Phi) is 4.40. The van der Waals surface area contributed by atoms with E-state index in [1.807, 2.05) is 19.1 Å². The molecule has 1 saturated carbocycles. The molecule has 1 fully saturated rings. The molecule has 3 nitrogen and oxygen atoms in total. The summed E-state index contributed by atoms with van der Waals surface area (Å²) in [6.07, 6.45) is 3.75. The minimum Gasteiger partial charge on any atom is -0.474 e. The van der Waals surface area contributed by atoms with E-state index >= 15 is 0 Å². The largest absolute Gasteiger partial charge is 0.474 e. The molecule has 0 spiro atoms. The lowest BCUT2D eigenvalue weighted by molar-refractivity contribution is 0.0966. The molecule has 0 amide bonds. The number of nitrogens with two attached hydrogens (primary N) is 1. The van der Waals surface area contributed by atoms with E-state index in [2.05, 4.69) is 18.8 Å². The Labute approximate surface area is 120 Å². The predicted molar refractivity (Wildman–Crippen MR) is 81.5 cm³/mol. The first-order valence-electron chi connectivity index (χ1n) is 6.89. The van der Waals surface area contributed by atoms with Crippen LogP contribution in [0.3, 0.4) is 0 Å². The van der Waals surface area contributed by atoms with Crippen LogP contribution in [-0.2, 0) is 0 Å². The molecule has 2 N–H and O–H groups in total. The van der Waals surface area contributed by atoms with Crippen LogP contribution in [0.4, 0.5) is 0 Å². The number of pyridine rings is 1. The smallest absolute Gasteiger partial charge is 0.214 e. The summed E-state index contributed by atoms with van der Waals surface area (Å²) < 4.78 is 6.04. The van der Waals surface area contributed by atoms with Gasteiger partial charge in [-0.25, -0.2) is 4.98 Å². The number of thiocarbonyl (C=S) groups is 1. The molecule has 19 heavy (non-hydrogen) atoms. The Morgan fingerprint density at radius 1 is 1.26 bits per heavy atom. The van der Waals surface area contributed by atoms with Crippen LogP contribution in [0.15, 0.2) is 12.1 Å². The maximum atomic E-state index is 6.04. The molecular formula is C15H22N2OS. The Morgan fingerprint density at radius 2 is 1.89 bits per heavy atom. The standard InChI is InChI=1S/C15H22N2OS/c1-9-4-10(2)6-13(5-9)18-14-8-12(15(16)19)7-11(3)17-14/h7-10,13H,4-6H2,1-3H3,(H2,16,19). The molecule has 2 rings (SSSR count). The molecule has 1 heterocycles. The zero-order valence-electron chi connectivity index (χ0n) is 11.8. The average Bonchev–Trinajstić information content (AvgIpc) is 2.26. The van der Waals surface area contributed by atoms with Crippen molar-refractivity contribution in [3.63, 3.8) is 0 Å². The highest BCUT2D eigenvalue weighted by Gasteiger charge is 2.25. The molecular weight excluding hydrogens is 256 g/mol. The van der Waals surface area contributed by atoms with Crippen LogP contribution >= 0.6 is 12.2 Å². The Bertz CT molecular complexity index is 465. The highest BCUT2D eigenvalue weighted by molar-refractivity contribution is 7.80. The van der Waals surface area contributed by atoms with Gasteiger partial charge in [0.2, 0.25) is 5.88 Å². The summed E-state index contributed by atoms with van der Waals surface area (Å²) >= 11 is 5.02. The second-order valence-corrected chi connectivity index (χ2v) is 6.30. The van der Waals surface area contributed by atoms with E-state index in [1.54, 1.807) is 0 Å². The van der Waals surface area contributed by atoms with Crippen LogP contribution in [0.1, 0.15) is 44.4 Å². The Morgan fingerprint density at radius 3 is 2.47 bits per heavy atom. The number of hydrogen-bond donors (Lipinski definition) is 1. The van der Waals surface area contributed by atoms with Gasteiger partial charge in [0.1, 0.15) is 11.1 Å². The van der Waals surface area contributed by atoms with Gasteiger partial charge >= 0.3 is 0 Å². The number of nitrogens with zero attached hydrogens (tertiary/aromatic N) is 1. The van der Waals surface area contributed by atoms with Gasteiger partial charge in [0.25, 0.3) is 0 Å². The second kappa shape index (κ2) is 5.87. The van der Waals surface area contributed by atoms with Gasteiger partial charge in [0.15, 0.2) is 0 Å². The third kappa shape index (κ3) is 3.90. The first kappa shape index (κ1) is 14.3. The zero-order valence-corrected chi connectivity index (χ0v) is 12.7. The minimum absolute atomic E-state index is 0.257. The first-order valence-corrected chi connectivity index (χ1v) is 7.30. The van der Waals surface area contributed by atoms with Crippen molar-refractivity contribution in [1.82, 2.24) is 4.98 Å². The topological polar surface area (TPSA) is 48.1 Å². The maximum Gasteiger partial charge on any atom is 0.214 e. The normalized spacial score (nSPS) is 27.0. The monoisotopic (exact) mass is 278 g/mol. The fraction of sp³-hybridized carbons (Fsp3) is 0.600. The van der Waals surface area contributed by atoms with Gasteiger partial charge in [-0.05, 0) is 44.1 Å². The summed E-state index contributed by atoms with van der Waals surface area (Å²) in [4.78, 5) is 4.81. The molecule has 0 radical (unpaired) electrons. The van der Waals surface area contributed by atoms with Crippen molar-refractivity contribution in [2.75, 3.05) is 0 Å².